The largest absolute Gasteiger partial charge is 0.351 e. The quantitative estimate of drug-likeness (QED) is 0.597. The summed E-state index contributed by atoms with van der Waals surface area (Å²) in [6.45, 7) is 1.78. The van der Waals surface area contributed by atoms with Crippen molar-refractivity contribution in [2.45, 2.75) is 29.0 Å². The molecule has 1 aliphatic rings. The van der Waals surface area contributed by atoms with Crippen LogP contribution in [0.3, 0.4) is 0 Å². The number of rotatable bonds is 5. The van der Waals surface area contributed by atoms with Crippen LogP contribution < -0.4 is 5.32 Å². The molecule has 6 nitrogen and oxygen atoms in total. The van der Waals surface area contributed by atoms with Gasteiger partial charge in [0, 0.05) is 6.04 Å². The molecule has 2 aromatic rings. The van der Waals surface area contributed by atoms with E-state index in [-0.39, 0.29) is 28.7 Å². The molecule has 2 atom stereocenters. The van der Waals surface area contributed by atoms with E-state index in [1.165, 1.54) is 23.1 Å². The number of benzene rings is 1. The molecule has 1 N–H and O–H groups in total. The van der Waals surface area contributed by atoms with E-state index in [0.717, 1.165) is 5.69 Å². The van der Waals surface area contributed by atoms with Gasteiger partial charge in [0.25, 0.3) is 0 Å². The fourth-order valence-corrected chi connectivity index (χ4v) is 6.66. The van der Waals surface area contributed by atoms with E-state index in [1.807, 2.05) is 30.3 Å². The zero-order valence-electron chi connectivity index (χ0n) is 13.4. The molecule has 1 aliphatic heterocycles. The number of nitrogens with one attached hydrogen (secondary N) is 1. The van der Waals surface area contributed by atoms with Crippen molar-refractivity contribution in [3.05, 3.63) is 34.3 Å². The van der Waals surface area contributed by atoms with Crippen molar-refractivity contribution in [1.29, 1.82) is 0 Å². The second kappa shape index (κ2) is 7.56. The number of amides is 1. The normalized spacial score (nSPS) is 20.3. The van der Waals surface area contributed by atoms with Gasteiger partial charge in [-0.2, -0.15) is 0 Å². The molecule has 0 saturated carbocycles. The van der Waals surface area contributed by atoms with Gasteiger partial charge in [-0.1, -0.05) is 41.3 Å². The maximum absolute atomic E-state index is 12.3. The first-order valence-electron chi connectivity index (χ1n) is 7.67. The Hall–Kier alpha value is -1.23. The minimum atomic E-state index is -3.01. The van der Waals surface area contributed by atoms with E-state index in [2.05, 4.69) is 10.4 Å². The van der Waals surface area contributed by atoms with Crippen LogP contribution in [0.25, 0.3) is 5.69 Å². The highest BCUT2D eigenvalue weighted by Gasteiger charge is 2.30. The molecule has 0 spiro atoms. The molecule has 1 amide bonds. The van der Waals surface area contributed by atoms with Crippen LogP contribution in [0.1, 0.15) is 13.3 Å². The van der Waals surface area contributed by atoms with Gasteiger partial charge in [0.05, 0.1) is 22.4 Å². The molecule has 0 aliphatic carbocycles. The summed E-state index contributed by atoms with van der Waals surface area (Å²) in [5.41, 5.74) is 0.879. The van der Waals surface area contributed by atoms with E-state index in [0.29, 0.717) is 14.7 Å². The number of thioether (sulfide) groups is 1. The smallest absolute Gasteiger partial charge is 0.233 e. The van der Waals surface area contributed by atoms with Crippen molar-refractivity contribution < 1.29 is 13.2 Å². The van der Waals surface area contributed by atoms with Crippen molar-refractivity contribution in [2.75, 3.05) is 11.5 Å². The Kier molecular flexibility index (Phi) is 5.62. The summed E-state index contributed by atoms with van der Waals surface area (Å²) < 4.78 is 26.0. The van der Waals surface area contributed by atoms with Gasteiger partial charge < -0.3 is 5.32 Å². The average molecular weight is 416 g/mol. The van der Waals surface area contributed by atoms with E-state index >= 15 is 0 Å². The number of hydrogen-bond acceptors (Lipinski definition) is 7. The lowest BCUT2D eigenvalue weighted by atomic mass is 10.2. The number of carbonyl (C=O) groups excluding carboxylic acids is 1. The van der Waals surface area contributed by atoms with Crippen molar-refractivity contribution >= 4 is 51.1 Å². The number of hydrogen-bond donors (Lipinski definition) is 1. The zero-order chi connectivity index (χ0) is 18.0. The topological polar surface area (TPSA) is 81.1 Å². The Morgan fingerprint density at radius 1 is 1.44 bits per heavy atom. The molecule has 1 aromatic carbocycles. The monoisotopic (exact) mass is 415 g/mol. The molecule has 0 radical (unpaired) electrons. The van der Waals surface area contributed by atoms with Crippen LogP contribution in [0, 0.1) is 3.95 Å². The van der Waals surface area contributed by atoms with Crippen LogP contribution >= 0.6 is 35.3 Å². The lowest BCUT2D eigenvalue weighted by Crippen LogP contribution is -2.39. The highest BCUT2D eigenvalue weighted by atomic mass is 32.2. The molecule has 1 fully saturated rings. The Morgan fingerprint density at radius 2 is 2.16 bits per heavy atom. The molecule has 134 valence electrons. The van der Waals surface area contributed by atoms with Crippen LogP contribution in [-0.2, 0) is 14.6 Å². The minimum Gasteiger partial charge on any atom is -0.351 e. The van der Waals surface area contributed by atoms with Crippen molar-refractivity contribution in [3.63, 3.8) is 0 Å². The molecule has 10 heteroatoms. The van der Waals surface area contributed by atoms with Crippen molar-refractivity contribution in [2.24, 2.45) is 0 Å². The summed E-state index contributed by atoms with van der Waals surface area (Å²) in [7, 11) is -3.01. The van der Waals surface area contributed by atoms with Crippen LogP contribution in [0.15, 0.2) is 34.7 Å². The third kappa shape index (κ3) is 4.69. The summed E-state index contributed by atoms with van der Waals surface area (Å²) in [4.78, 5) is 12.3. The van der Waals surface area contributed by atoms with Gasteiger partial charge in [0.2, 0.25) is 5.91 Å². The molecule has 1 aromatic heterocycles. The Labute approximate surface area is 159 Å². The number of sulfone groups is 1. The Morgan fingerprint density at radius 3 is 2.80 bits per heavy atom. The summed E-state index contributed by atoms with van der Waals surface area (Å²) in [5, 5.41) is 6.91. The van der Waals surface area contributed by atoms with E-state index < -0.39 is 9.84 Å². The molecule has 0 bridgehead atoms. The van der Waals surface area contributed by atoms with Crippen molar-refractivity contribution in [3.8, 4) is 5.69 Å². The third-order valence-corrected chi connectivity index (χ3v) is 7.94. The SMILES string of the molecule is C[C@@H](Sc1nn(-c2ccccc2)c(=S)s1)C(=O)N[C@H]1CCS(=O)(=O)C1. The van der Waals surface area contributed by atoms with Crippen LogP contribution in [-0.4, -0.2) is 46.9 Å². The number of nitrogens with zero attached hydrogens (tertiary/aromatic N) is 2. The van der Waals surface area contributed by atoms with Crippen LogP contribution in [0.2, 0.25) is 0 Å². The molecule has 0 unspecified atom stereocenters. The highest BCUT2D eigenvalue weighted by Crippen LogP contribution is 2.28. The van der Waals surface area contributed by atoms with E-state index in [1.54, 1.807) is 11.6 Å². The fourth-order valence-electron chi connectivity index (χ4n) is 2.47. The first-order valence-corrected chi connectivity index (χ1v) is 11.6. The van der Waals surface area contributed by atoms with Gasteiger partial charge in [0.15, 0.2) is 18.1 Å². The Balaban J connectivity index is 1.64. The Bertz CT molecular complexity index is 921. The number of aromatic nitrogens is 2. The maximum Gasteiger partial charge on any atom is 0.233 e. The average Bonchev–Trinajstić information content (AvgIpc) is 3.10. The molecule has 1 saturated heterocycles. The first-order chi connectivity index (χ1) is 11.8. The molecule has 3 rings (SSSR count). The van der Waals surface area contributed by atoms with Crippen LogP contribution in [0.5, 0.6) is 0 Å². The second-order valence-corrected chi connectivity index (χ2v) is 11.2. The van der Waals surface area contributed by atoms with Gasteiger partial charge in [-0.25, -0.2) is 13.1 Å². The third-order valence-electron chi connectivity index (χ3n) is 3.76. The summed E-state index contributed by atoms with van der Waals surface area (Å²) >= 11 is 8.03. The maximum atomic E-state index is 12.3. The molecular weight excluding hydrogens is 398 g/mol. The summed E-state index contributed by atoms with van der Waals surface area (Å²) in [5.74, 6) is -0.0143. The van der Waals surface area contributed by atoms with Gasteiger partial charge in [-0.15, -0.1) is 5.10 Å². The van der Waals surface area contributed by atoms with E-state index in [9.17, 15) is 13.2 Å². The van der Waals surface area contributed by atoms with Crippen molar-refractivity contribution in [1.82, 2.24) is 15.1 Å². The van der Waals surface area contributed by atoms with E-state index in [4.69, 9.17) is 12.2 Å². The van der Waals surface area contributed by atoms with Crippen LogP contribution in [0.4, 0.5) is 0 Å². The molecule has 25 heavy (non-hydrogen) atoms. The summed E-state index contributed by atoms with van der Waals surface area (Å²) in [6.07, 6.45) is 0.479. The predicted octanol–water partition coefficient (Wildman–Crippen LogP) is 2.45. The number of para-hydroxylation sites is 1. The van der Waals surface area contributed by atoms with Gasteiger partial charge in [0.1, 0.15) is 0 Å². The minimum absolute atomic E-state index is 0.0255. The molecule has 2 heterocycles. The lowest BCUT2D eigenvalue weighted by molar-refractivity contribution is -0.120. The lowest BCUT2D eigenvalue weighted by Gasteiger charge is -2.14. The van der Waals surface area contributed by atoms with Gasteiger partial charge in [-0.05, 0) is 37.7 Å². The fraction of sp³-hybridized carbons (Fsp3) is 0.400. The summed E-state index contributed by atoms with van der Waals surface area (Å²) in [6, 6.07) is 9.29. The van der Waals surface area contributed by atoms with Gasteiger partial charge >= 0.3 is 0 Å². The zero-order valence-corrected chi connectivity index (χ0v) is 16.7. The number of carbonyl (C=O) groups is 1. The second-order valence-electron chi connectivity index (χ2n) is 5.75. The standard InChI is InChI=1S/C15H17N3O3S4/c1-10(13(19)16-11-7-8-25(20,21)9-11)23-14-17-18(15(22)24-14)12-5-3-2-4-6-12/h2-6,10-11H,7-9H2,1H3,(H,16,19)/t10-,11+/m1/s1. The molecular formula is C15H17N3O3S4. The first kappa shape index (κ1) is 18.6. The van der Waals surface area contributed by atoms with Gasteiger partial charge in [-0.3, -0.25) is 4.79 Å². The highest BCUT2D eigenvalue weighted by molar-refractivity contribution is 8.02. The predicted molar refractivity (Wildman–Crippen MR) is 103 cm³/mol.